The number of allylic oxidation sites excluding steroid dienone is 1. The molecular weight excluding hydrogens is 142 g/mol. The number of hydrogen-bond donors (Lipinski definition) is 1. The molecule has 1 saturated heterocycles. The molecule has 2 heteroatoms. The van der Waals surface area contributed by atoms with Crippen LogP contribution in [0.5, 0.6) is 0 Å². The molecular formula is C8H11NS. The van der Waals surface area contributed by atoms with Gasteiger partial charge < -0.3 is 5.32 Å². The van der Waals surface area contributed by atoms with Gasteiger partial charge in [-0.2, -0.15) is 0 Å². The van der Waals surface area contributed by atoms with Gasteiger partial charge in [0.2, 0.25) is 0 Å². The molecule has 0 aromatic heterocycles. The lowest BCUT2D eigenvalue weighted by atomic mass is 10.0. The second kappa shape index (κ2) is 2.06. The molecule has 2 rings (SSSR count). The van der Waals surface area contributed by atoms with Gasteiger partial charge in [0.05, 0.1) is 0 Å². The Balaban J connectivity index is 2.17. The maximum Gasteiger partial charge on any atom is 0.0485 e. The van der Waals surface area contributed by atoms with Gasteiger partial charge in [-0.15, -0.1) is 11.8 Å². The fourth-order valence-electron chi connectivity index (χ4n) is 1.07. The first-order chi connectivity index (χ1) is 4.81. The second-order valence-corrected chi connectivity index (χ2v) is 4.41. The van der Waals surface area contributed by atoms with Crippen molar-refractivity contribution in [3.63, 3.8) is 0 Å². The lowest BCUT2D eigenvalue weighted by Crippen LogP contribution is -2.15. The monoisotopic (exact) mass is 153 g/mol. The molecule has 2 aliphatic heterocycles. The Bertz CT molecular complexity index is 201. The molecule has 0 aromatic carbocycles. The first-order valence-corrected chi connectivity index (χ1v) is 4.54. The average molecular weight is 153 g/mol. The maximum absolute atomic E-state index is 3.22. The molecule has 1 nitrogen and oxygen atoms in total. The third-order valence-corrected chi connectivity index (χ3v) is 3.37. The largest absolute Gasteiger partial charge is 0.387 e. The van der Waals surface area contributed by atoms with Crippen LogP contribution in [0.25, 0.3) is 0 Å². The summed E-state index contributed by atoms with van der Waals surface area (Å²) in [4.78, 5) is 0. The zero-order chi connectivity index (χ0) is 7.03. The average Bonchev–Trinajstić information content (AvgIpc) is 2.72. The predicted molar refractivity (Wildman–Crippen MR) is 46.1 cm³/mol. The molecule has 10 heavy (non-hydrogen) atoms. The van der Waals surface area contributed by atoms with Crippen LogP contribution in [-0.4, -0.2) is 17.0 Å². The number of nitrogens with one attached hydrogen (secondary N) is 1. The van der Waals surface area contributed by atoms with Gasteiger partial charge in [0, 0.05) is 23.2 Å². The van der Waals surface area contributed by atoms with E-state index in [1.54, 1.807) is 0 Å². The fraction of sp³-hybridized carbons (Fsp3) is 0.500. The Labute approximate surface area is 65.6 Å². The minimum absolute atomic E-state index is 0.448. The highest BCUT2D eigenvalue weighted by molar-refractivity contribution is 8.08. The highest BCUT2D eigenvalue weighted by Gasteiger charge is 2.41. The van der Waals surface area contributed by atoms with Crippen LogP contribution in [0.3, 0.4) is 0 Å². The lowest BCUT2D eigenvalue weighted by Gasteiger charge is -2.12. The molecule has 2 heterocycles. The SMILES string of the molecule is CC1(C2=CNCC=C2)CS1. The quantitative estimate of drug-likeness (QED) is 0.573. The van der Waals surface area contributed by atoms with Crippen LogP contribution in [0.4, 0.5) is 0 Å². The van der Waals surface area contributed by atoms with Crippen molar-refractivity contribution >= 4 is 11.8 Å². The molecule has 0 bridgehead atoms. The molecule has 0 aliphatic carbocycles. The normalized spacial score (nSPS) is 36.7. The van der Waals surface area contributed by atoms with Crippen molar-refractivity contribution in [2.24, 2.45) is 0 Å². The van der Waals surface area contributed by atoms with Crippen LogP contribution in [0.2, 0.25) is 0 Å². The Kier molecular flexibility index (Phi) is 1.31. The highest BCUT2D eigenvalue weighted by atomic mass is 32.2. The topological polar surface area (TPSA) is 12.0 Å². The number of thioether (sulfide) groups is 1. The molecule has 0 spiro atoms. The zero-order valence-electron chi connectivity index (χ0n) is 6.05. The van der Waals surface area contributed by atoms with Crippen molar-refractivity contribution in [3.8, 4) is 0 Å². The van der Waals surface area contributed by atoms with Gasteiger partial charge in [0.1, 0.15) is 0 Å². The molecule has 1 atom stereocenters. The smallest absolute Gasteiger partial charge is 0.0485 e. The minimum atomic E-state index is 0.448. The summed E-state index contributed by atoms with van der Waals surface area (Å²) in [5.74, 6) is 1.28. The summed E-state index contributed by atoms with van der Waals surface area (Å²) in [6.45, 7) is 3.28. The van der Waals surface area contributed by atoms with Crippen LogP contribution in [-0.2, 0) is 0 Å². The van der Waals surface area contributed by atoms with Crippen LogP contribution in [0, 0.1) is 0 Å². The Morgan fingerprint density at radius 1 is 1.70 bits per heavy atom. The molecule has 54 valence electrons. The van der Waals surface area contributed by atoms with Crippen molar-refractivity contribution in [3.05, 3.63) is 23.9 Å². The molecule has 1 unspecified atom stereocenters. The van der Waals surface area contributed by atoms with Crippen molar-refractivity contribution < 1.29 is 0 Å². The van der Waals surface area contributed by atoms with Crippen molar-refractivity contribution in [2.45, 2.75) is 11.7 Å². The summed E-state index contributed by atoms with van der Waals surface area (Å²) < 4.78 is 0.448. The molecule has 0 amide bonds. The zero-order valence-corrected chi connectivity index (χ0v) is 6.87. The number of hydrogen-bond acceptors (Lipinski definition) is 2. The van der Waals surface area contributed by atoms with E-state index in [0.29, 0.717) is 4.75 Å². The second-order valence-electron chi connectivity index (χ2n) is 2.93. The van der Waals surface area contributed by atoms with E-state index in [-0.39, 0.29) is 0 Å². The van der Waals surface area contributed by atoms with E-state index in [2.05, 4.69) is 30.6 Å². The molecule has 1 N–H and O–H groups in total. The molecule has 0 saturated carbocycles. The van der Waals surface area contributed by atoms with Crippen LogP contribution in [0.15, 0.2) is 23.9 Å². The van der Waals surface area contributed by atoms with Gasteiger partial charge in [-0.05, 0) is 12.5 Å². The van der Waals surface area contributed by atoms with Crippen molar-refractivity contribution in [1.82, 2.24) is 5.32 Å². The minimum Gasteiger partial charge on any atom is -0.387 e. The van der Waals surface area contributed by atoms with Gasteiger partial charge in [-0.3, -0.25) is 0 Å². The summed E-state index contributed by atoms with van der Waals surface area (Å²) in [7, 11) is 0. The van der Waals surface area contributed by atoms with E-state index >= 15 is 0 Å². The van der Waals surface area contributed by atoms with Crippen molar-refractivity contribution in [1.29, 1.82) is 0 Å². The third kappa shape index (κ3) is 0.966. The summed E-state index contributed by atoms with van der Waals surface area (Å²) in [5, 5.41) is 3.22. The van der Waals surface area contributed by atoms with Gasteiger partial charge in [-0.25, -0.2) is 0 Å². The van der Waals surface area contributed by atoms with E-state index < -0.39 is 0 Å². The summed E-state index contributed by atoms with van der Waals surface area (Å²) in [6.07, 6.45) is 6.55. The first-order valence-electron chi connectivity index (χ1n) is 3.56. The number of dihydropyridines is 1. The fourth-order valence-corrected chi connectivity index (χ4v) is 1.75. The van der Waals surface area contributed by atoms with Crippen LogP contribution < -0.4 is 5.32 Å². The van der Waals surface area contributed by atoms with Crippen LogP contribution >= 0.6 is 11.8 Å². The van der Waals surface area contributed by atoms with E-state index in [0.717, 1.165) is 6.54 Å². The van der Waals surface area contributed by atoms with E-state index in [1.807, 2.05) is 11.8 Å². The summed E-state index contributed by atoms with van der Waals surface area (Å²) in [6, 6.07) is 0. The predicted octanol–water partition coefficient (Wildman–Crippen LogP) is 1.54. The molecule has 0 aromatic rings. The Hall–Kier alpha value is -0.370. The van der Waals surface area contributed by atoms with Gasteiger partial charge in [-0.1, -0.05) is 12.2 Å². The molecule has 2 aliphatic rings. The van der Waals surface area contributed by atoms with Gasteiger partial charge in [0.15, 0.2) is 0 Å². The number of rotatable bonds is 1. The summed E-state index contributed by atoms with van der Waals surface area (Å²) in [5.41, 5.74) is 1.45. The third-order valence-electron chi connectivity index (χ3n) is 1.98. The summed E-state index contributed by atoms with van der Waals surface area (Å²) >= 11 is 2.02. The molecule has 1 fully saturated rings. The highest BCUT2D eigenvalue weighted by Crippen LogP contribution is 2.50. The Morgan fingerprint density at radius 3 is 3.00 bits per heavy atom. The Morgan fingerprint density at radius 2 is 2.50 bits per heavy atom. The van der Waals surface area contributed by atoms with E-state index in [4.69, 9.17) is 0 Å². The van der Waals surface area contributed by atoms with Gasteiger partial charge in [0.25, 0.3) is 0 Å². The first kappa shape index (κ1) is 6.35. The maximum atomic E-state index is 3.22. The van der Waals surface area contributed by atoms with E-state index in [1.165, 1.54) is 11.3 Å². The van der Waals surface area contributed by atoms with Crippen LogP contribution in [0.1, 0.15) is 6.92 Å². The van der Waals surface area contributed by atoms with E-state index in [9.17, 15) is 0 Å². The molecule has 0 radical (unpaired) electrons. The van der Waals surface area contributed by atoms with Crippen molar-refractivity contribution in [2.75, 3.05) is 12.3 Å². The lowest BCUT2D eigenvalue weighted by molar-refractivity contribution is 0.882. The van der Waals surface area contributed by atoms with Gasteiger partial charge >= 0.3 is 0 Å². The standard InChI is InChI=1S/C8H11NS/c1-8(6-10-8)7-3-2-4-9-5-7/h2-3,5,9H,4,6H2,1H3.